The fraction of sp³-hybridized carbons (Fsp3) is 0. The lowest BCUT2D eigenvalue weighted by Crippen LogP contribution is -1.85. The summed E-state index contributed by atoms with van der Waals surface area (Å²) in [5, 5.41) is 0.679. The van der Waals surface area contributed by atoms with Crippen molar-refractivity contribution in [3.63, 3.8) is 0 Å². The summed E-state index contributed by atoms with van der Waals surface area (Å²) in [5.41, 5.74) is 2.97. The van der Waals surface area contributed by atoms with Gasteiger partial charge in [0.25, 0.3) is 0 Å². The van der Waals surface area contributed by atoms with Crippen LogP contribution in [0.4, 0.5) is 0 Å². The minimum atomic E-state index is 0.595. The van der Waals surface area contributed by atoms with Crippen molar-refractivity contribution >= 4 is 22.8 Å². The Bertz CT molecular complexity index is 648. The molecule has 0 radical (unpaired) electrons. The van der Waals surface area contributed by atoms with Crippen molar-refractivity contribution in [2.75, 3.05) is 0 Å². The summed E-state index contributed by atoms with van der Waals surface area (Å²) in [7, 11) is 0. The van der Waals surface area contributed by atoms with Gasteiger partial charge < -0.3 is 4.42 Å². The van der Waals surface area contributed by atoms with E-state index < -0.39 is 0 Å². The number of fused-ring (bicyclic) bond motifs is 1. The number of hydrogen-bond donors (Lipinski definition) is 0. The Morgan fingerprint density at radius 2 is 1.94 bits per heavy atom. The van der Waals surface area contributed by atoms with Crippen molar-refractivity contribution in [2.45, 2.75) is 0 Å². The van der Waals surface area contributed by atoms with Crippen LogP contribution in [-0.2, 0) is 0 Å². The van der Waals surface area contributed by atoms with Crippen LogP contribution in [0.3, 0.4) is 0 Å². The maximum absolute atomic E-state index is 6.10. The molecule has 0 atom stereocenters. The Labute approximate surface area is 96.7 Å². The molecule has 4 heteroatoms. The summed E-state index contributed by atoms with van der Waals surface area (Å²) in [6, 6.07) is 11.3. The van der Waals surface area contributed by atoms with E-state index in [0.29, 0.717) is 16.3 Å². The maximum atomic E-state index is 6.10. The highest BCUT2D eigenvalue weighted by atomic mass is 35.5. The number of hydrogen-bond acceptors (Lipinski definition) is 3. The summed E-state index contributed by atoms with van der Waals surface area (Å²) in [6.07, 6.45) is 1.38. The molecule has 78 valence electrons. The first kappa shape index (κ1) is 9.36. The topological polar surface area (TPSA) is 38.9 Å². The molecule has 3 rings (SSSR count). The first-order chi connectivity index (χ1) is 7.84. The Kier molecular flexibility index (Phi) is 2.11. The van der Waals surface area contributed by atoms with Crippen LogP contribution in [0.1, 0.15) is 0 Å². The van der Waals surface area contributed by atoms with E-state index in [1.165, 1.54) is 6.39 Å². The van der Waals surface area contributed by atoms with E-state index in [2.05, 4.69) is 9.97 Å². The van der Waals surface area contributed by atoms with Crippen molar-refractivity contribution in [2.24, 2.45) is 0 Å². The lowest BCUT2D eigenvalue weighted by atomic mass is 10.1. The third-order valence-electron chi connectivity index (χ3n) is 2.34. The molecule has 16 heavy (non-hydrogen) atoms. The van der Waals surface area contributed by atoms with Crippen molar-refractivity contribution in [3.8, 4) is 11.3 Å². The molecular weight excluding hydrogens is 224 g/mol. The van der Waals surface area contributed by atoms with Gasteiger partial charge >= 0.3 is 0 Å². The molecule has 0 N–H and O–H groups in total. The van der Waals surface area contributed by atoms with Crippen LogP contribution in [0.25, 0.3) is 22.5 Å². The van der Waals surface area contributed by atoms with Crippen LogP contribution in [0.5, 0.6) is 0 Å². The van der Waals surface area contributed by atoms with Gasteiger partial charge in [-0.1, -0.05) is 29.8 Å². The zero-order valence-electron chi connectivity index (χ0n) is 8.22. The summed E-state index contributed by atoms with van der Waals surface area (Å²) >= 11 is 6.10. The largest absolute Gasteiger partial charge is 0.442 e. The predicted octanol–water partition coefficient (Wildman–Crippen LogP) is 3.54. The number of oxazole rings is 1. The van der Waals surface area contributed by atoms with Crippen LogP contribution in [0, 0.1) is 0 Å². The van der Waals surface area contributed by atoms with Gasteiger partial charge in [0.15, 0.2) is 17.6 Å². The molecule has 0 spiro atoms. The van der Waals surface area contributed by atoms with Crippen molar-refractivity contribution in [1.29, 1.82) is 0 Å². The van der Waals surface area contributed by atoms with E-state index in [1.807, 2.05) is 36.4 Å². The fourth-order valence-electron chi connectivity index (χ4n) is 1.57. The highest BCUT2D eigenvalue weighted by Crippen LogP contribution is 2.27. The van der Waals surface area contributed by atoms with E-state index >= 15 is 0 Å². The van der Waals surface area contributed by atoms with Gasteiger partial charge in [0.05, 0.1) is 5.69 Å². The molecule has 3 aromatic rings. The molecule has 2 heterocycles. The van der Waals surface area contributed by atoms with Gasteiger partial charge in [-0.25, -0.2) is 4.98 Å². The quantitative estimate of drug-likeness (QED) is 0.642. The third-order valence-corrected chi connectivity index (χ3v) is 2.67. The summed E-state index contributed by atoms with van der Waals surface area (Å²) < 4.78 is 5.13. The predicted molar refractivity (Wildman–Crippen MR) is 62.3 cm³/mol. The molecule has 0 aliphatic carbocycles. The molecule has 0 aliphatic rings. The van der Waals surface area contributed by atoms with Gasteiger partial charge in [0.2, 0.25) is 0 Å². The SMILES string of the molecule is Clc1ccccc1-c1ccc2ocnc2n1. The van der Waals surface area contributed by atoms with Crippen LogP contribution in [-0.4, -0.2) is 9.97 Å². The Balaban J connectivity index is 2.22. The van der Waals surface area contributed by atoms with Crippen molar-refractivity contribution in [3.05, 3.63) is 47.8 Å². The average Bonchev–Trinajstić information content (AvgIpc) is 2.76. The first-order valence-electron chi connectivity index (χ1n) is 4.80. The molecule has 2 aromatic heterocycles. The van der Waals surface area contributed by atoms with Gasteiger partial charge in [0, 0.05) is 10.6 Å². The number of nitrogens with zero attached hydrogens (tertiary/aromatic N) is 2. The molecule has 0 amide bonds. The zero-order valence-corrected chi connectivity index (χ0v) is 8.98. The van der Waals surface area contributed by atoms with Gasteiger partial charge in [-0.3, -0.25) is 0 Å². The molecule has 0 saturated carbocycles. The summed E-state index contributed by atoms with van der Waals surface area (Å²) in [5.74, 6) is 0. The lowest BCUT2D eigenvalue weighted by molar-refractivity contribution is 0.602. The summed E-state index contributed by atoms with van der Waals surface area (Å²) in [4.78, 5) is 8.39. The van der Waals surface area contributed by atoms with E-state index in [4.69, 9.17) is 16.0 Å². The monoisotopic (exact) mass is 230 g/mol. The normalized spacial score (nSPS) is 10.8. The maximum Gasteiger partial charge on any atom is 0.199 e. The second kappa shape index (κ2) is 3.61. The molecule has 0 aliphatic heterocycles. The molecular formula is C12H7ClN2O. The van der Waals surface area contributed by atoms with E-state index in [1.54, 1.807) is 0 Å². The van der Waals surface area contributed by atoms with Crippen LogP contribution < -0.4 is 0 Å². The highest BCUT2D eigenvalue weighted by molar-refractivity contribution is 6.33. The van der Waals surface area contributed by atoms with E-state index in [9.17, 15) is 0 Å². The number of rotatable bonds is 1. The standard InChI is InChI=1S/C12H7ClN2O/c13-9-4-2-1-3-8(9)10-5-6-11-12(15-10)14-7-16-11/h1-7H. The minimum absolute atomic E-state index is 0.595. The number of aromatic nitrogens is 2. The van der Waals surface area contributed by atoms with E-state index in [0.717, 1.165) is 11.3 Å². The van der Waals surface area contributed by atoms with Crippen molar-refractivity contribution < 1.29 is 4.42 Å². The number of benzene rings is 1. The summed E-state index contributed by atoms with van der Waals surface area (Å²) in [6.45, 7) is 0. The van der Waals surface area contributed by atoms with Crippen LogP contribution in [0.2, 0.25) is 5.02 Å². The molecule has 3 nitrogen and oxygen atoms in total. The van der Waals surface area contributed by atoms with Gasteiger partial charge in [-0.2, -0.15) is 4.98 Å². The molecule has 0 saturated heterocycles. The molecule has 1 aromatic carbocycles. The third kappa shape index (κ3) is 1.46. The van der Waals surface area contributed by atoms with Gasteiger partial charge in [-0.15, -0.1) is 0 Å². The highest BCUT2D eigenvalue weighted by Gasteiger charge is 2.06. The second-order valence-electron chi connectivity index (χ2n) is 3.35. The van der Waals surface area contributed by atoms with Crippen LogP contribution >= 0.6 is 11.6 Å². The molecule has 0 bridgehead atoms. The Hall–Kier alpha value is -1.87. The molecule has 0 fully saturated rings. The number of halogens is 1. The van der Waals surface area contributed by atoms with Gasteiger partial charge in [0.1, 0.15) is 0 Å². The number of pyridine rings is 1. The Morgan fingerprint density at radius 1 is 1.06 bits per heavy atom. The first-order valence-corrected chi connectivity index (χ1v) is 5.17. The Morgan fingerprint density at radius 3 is 2.81 bits per heavy atom. The fourth-order valence-corrected chi connectivity index (χ4v) is 1.80. The van der Waals surface area contributed by atoms with E-state index in [-0.39, 0.29) is 0 Å². The zero-order chi connectivity index (χ0) is 11.0. The second-order valence-corrected chi connectivity index (χ2v) is 3.76. The molecule has 0 unspecified atom stereocenters. The smallest absolute Gasteiger partial charge is 0.199 e. The van der Waals surface area contributed by atoms with Crippen molar-refractivity contribution in [1.82, 2.24) is 9.97 Å². The van der Waals surface area contributed by atoms with Gasteiger partial charge in [-0.05, 0) is 18.2 Å². The average molecular weight is 231 g/mol. The van der Waals surface area contributed by atoms with Crippen LogP contribution in [0.15, 0.2) is 47.2 Å². The minimum Gasteiger partial charge on any atom is -0.442 e. The lowest BCUT2D eigenvalue weighted by Gasteiger charge is -2.02.